The average Bonchev–Trinajstić information content (AvgIpc) is 2.80. The Balaban J connectivity index is 1.68. The monoisotopic (exact) mass is 536 g/mol. The van der Waals surface area contributed by atoms with Crippen molar-refractivity contribution in [2.75, 3.05) is 22.4 Å². The van der Waals surface area contributed by atoms with E-state index in [0.717, 1.165) is 17.9 Å². The van der Waals surface area contributed by atoms with Crippen molar-refractivity contribution in [3.63, 3.8) is 0 Å². The van der Waals surface area contributed by atoms with E-state index < -0.39 is 31.6 Å². The first-order valence-electron chi connectivity index (χ1n) is 10.6. The summed E-state index contributed by atoms with van der Waals surface area (Å²) >= 11 is 6.14. The quantitative estimate of drug-likeness (QED) is 0.514. The lowest BCUT2D eigenvalue weighted by atomic mass is 10.0. The highest BCUT2D eigenvalue weighted by Crippen LogP contribution is 2.35. The van der Waals surface area contributed by atoms with Crippen LogP contribution in [0.1, 0.15) is 27.9 Å². The molecule has 1 amide bonds. The molecule has 0 aliphatic carbocycles. The number of anilines is 2. The standard InChI is InChI=1S/C24H22ClFN2O5S2/c1-15-5-12-20(26)22(23(15)25)24(29)27-17-7-6-16-4-3-13-28(21(16)14-17)35(32,33)19-10-8-18(9-11-19)34(2,30)31/h5-12,14H,3-4,13H2,1-2H3,(H,27,29). The molecule has 0 fully saturated rings. The number of halogens is 2. The van der Waals surface area contributed by atoms with Gasteiger partial charge in [-0.25, -0.2) is 21.2 Å². The van der Waals surface area contributed by atoms with Crippen molar-refractivity contribution in [1.82, 2.24) is 0 Å². The van der Waals surface area contributed by atoms with Gasteiger partial charge in [-0.2, -0.15) is 0 Å². The molecule has 0 unspecified atom stereocenters. The van der Waals surface area contributed by atoms with Gasteiger partial charge in [0.05, 0.1) is 26.1 Å². The van der Waals surface area contributed by atoms with Gasteiger partial charge in [-0.1, -0.05) is 23.7 Å². The fourth-order valence-electron chi connectivity index (χ4n) is 3.91. The average molecular weight is 537 g/mol. The van der Waals surface area contributed by atoms with Crippen LogP contribution in [0.15, 0.2) is 64.4 Å². The topological polar surface area (TPSA) is 101 Å². The molecule has 11 heteroatoms. The van der Waals surface area contributed by atoms with Crippen LogP contribution in [0.2, 0.25) is 5.02 Å². The molecule has 0 aromatic heterocycles. The van der Waals surface area contributed by atoms with Crippen molar-refractivity contribution in [2.45, 2.75) is 29.6 Å². The molecule has 0 spiro atoms. The largest absolute Gasteiger partial charge is 0.322 e. The summed E-state index contributed by atoms with van der Waals surface area (Å²) in [6, 6.07) is 12.5. The number of benzene rings is 3. The number of sulfonamides is 1. The van der Waals surface area contributed by atoms with Crippen molar-refractivity contribution in [3.8, 4) is 0 Å². The first-order chi connectivity index (χ1) is 16.4. The Morgan fingerprint density at radius 3 is 2.31 bits per heavy atom. The molecule has 1 N–H and O–H groups in total. The van der Waals surface area contributed by atoms with Gasteiger partial charge in [0.2, 0.25) is 0 Å². The lowest BCUT2D eigenvalue weighted by Gasteiger charge is -2.31. The van der Waals surface area contributed by atoms with Crippen LogP contribution in [-0.4, -0.2) is 35.5 Å². The van der Waals surface area contributed by atoms with E-state index in [2.05, 4.69) is 5.32 Å². The van der Waals surface area contributed by atoms with Crippen molar-refractivity contribution in [1.29, 1.82) is 0 Å². The maximum absolute atomic E-state index is 14.3. The molecule has 184 valence electrons. The molecule has 3 aromatic rings. The Bertz CT molecular complexity index is 1540. The van der Waals surface area contributed by atoms with Crippen molar-refractivity contribution < 1.29 is 26.0 Å². The van der Waals surface area contributed by atoms with Gasteiger partial charge in [-0.3, -0.25) is 9.10 Å². The molecule has 0 saturated carbocycles. The second-order valence-corrected chi connectivity index (χ2v) is 12.5. The molecule has 3 aromatic carbocycles. The number of hydrogen-bond acceptors (Lipinski definition) is 5. The normalized spacial score (nSPS) is 13.9. The molecular weight excluding hydrogens is 515 g/mol. The number of hydrogen-bond donors (Lipinski definition) is 1. The van der Waals surface area contributed by atoms with Crippen LogP contribution in [0.5, 0.6) is 0 Å². The minimum Gasteiger partial charge on any atom is -0.322 e. The van der Waals surface area contributed by atoms with E-state index in [1.807, 2.05) is 0 Å². The molecule has 4 rings (SSSR count). The van der Waals surface area contributed by atoms with Crippen molar-refractivity contribution in [3.05, 3.63) is 82.1 Å². The number of fused-ring (bicyclic) bond motifs is 1. The van der Waals surface area contributed by atoms with Crippen LogP contribution in [0, 0.1) is 12.7 Å². The minimum absolute atomic E-state index is 0.00204. The third-order valence-corrected chi connectivity index (χ3v) is 9.21. The summed E-state index contributed by atoms with van der Waals surface area (Å²) in [5.41, 5.74) is 1.69. The highest BCUT2D eigenvalue weighted by atomic mass is 35.5. The van der Waals surface area contributed by atoms with Crippen molar-refractivity contribution >= 4 is 48.7 Å². The van der Waals surface area contributed by atoms with Gasteiger partial charge >= 0.3 is 0 Å². The molecule has 1 aliphatic rings. The fourth-order valence-corrected chi connectivity index (χ4v) is 6.32. The summed E-state index contributed by atoms with van der Waals surface area (Å²) in [6.07, 6.45) is 2.27. The smallest absolute Gasteiger partial charge is 0.264 e. The van der Waals surface area contributed by atoms with Gasteiger partial charge in [0, 0.05) is 18.5 Å². The van der Waals surface area contributed by atoms with E-state index in [4.69, 9.17) is 11.6 Å². The molecule has 0 saturated heterocycles. The van der Waals surface area contributed by atoms with Gasteiger partial charge in [-0.05, 0) is 73.4 Å². The lowest BCUT2D eigenvalue weighted by molar-refractivity contribution is 0.102. The summed E-state index contributed by atoms with van der Waals surface area (Å²) in [5, 5.41) is 2.60. The molecule has 0 radical (unpaired) electrons. The summed E-state index contributed by atoms with van der Waals surface area (Å²) in [4.78, 5) is 12.7. The zero-order valence-corrected chi connectivity index (χ0v) is 21.3. The van der Waals surface area contributed by atoms with Crippen LogP contribution >= 0.6 is 11.6 Å². The third-order valence-electron chi connectivity index (χ3n) is 5.77. The van der Waals surface area contributed by atoms with Crippen LogP contribution in [0.4, 0.5) is 15.8 Å². The number of nitrogens with zero attached hydrogens (tertiary/aromatic N) is 1. The number of carbonyl (C=O) groups is 1. The van der Waals surface area contributed by atoms with E-state index in [9.17, 15) is 26.0 Å². The Hall–Kier alpha value is -2.95. The number of nitrogens with one attached hydrogen (secondary N) is 1. The predicted molar refractivity (Wildman–Crippen MR) is 133 cm³/mol. The molecule has 0 bridgehead atoms. The Kier molecular flexibility index (Phi) is 6.65. The zero-order valence-electron chi connectivity index (χ0n) is 18.9. The summed E-state index contributed by atoms with van der Waals surface area (Å²) in [5.74, 6) is -1.52. The molecule has 0 atom stereocenters. The van der Waals surface area contributed by atoms with Crippen LogP contribution in [-0.2, 0) is 26.3 Å². The lowest BCUT2D eigenvalue weighted by Crippen LogP contribution is -2.35. The van der Waals surface area contributed by atoms with E-state index in [1.165, 1.54) is 40.7 Å². The van der Waals surface area contributed by atoms with Crippen LogP contribution < -0.4 is 9.62 Å². The Labute approximate surface area is 208 Å². The molecule has 1 aliphatic heterocycles. The summed E-state index contributed by atoms with van der Waals surface area (Å²) in [7, 11) is -7.48. The van der Waals surface area contributed by atoms with Gasteiger partial charge in [-0.15, -0.1) is 0 Å². The van der Waals surface area contributed by atoms with Crippen LogP contribution in [0.25, 0.3) is 0 Å². The fraction of sp³-hybridized carbons (Fsp3) is 0.208. The molecule has 35 heavy (non-hydrogen) atoms. The minimum atomic E-state index is -4.01. The maximum atomic E-state index is 14.3. The van der Waals surface area contributed by atoms with Crippen molar-refractivity contribution in [2.24, 2.45) is 0 Å². The predicted octanol–water partition coefficient (Wildman–Crippen LogP) is 4.58. The number of amides is 1. The first-order valence-corrected chi connectivity index (χ1v) is 14.3. The Morgan fingerprint density at radius 1 is 1.00 bits per heavy atom. The molecule has 1 heterocycles. The highest BCUT2D eigenvalue weighted by molar-refractivity contribution is 7.93. The second-order valence-electron chi connectivity index (χ2n) is 8.28. The Morgan fingerprint density at radius 2 is 1.66 bits per heavy atom. The SMILES string of the molecule is Cc1ccc(F)c(C(=O)Nc2ccc3c(c2)N(S(=O)(=O)c2ccc(S(C)(=O)=O)cc2)CCC3)c1Cl. The number of rotatable bonds is 5. The highest BCUT2D eigenvalue weighted by Gasteiger charge is 2.30. The van der Waals surface area contributed by atoms with Gasteiger partial charge < -0.3 is 5.32 Å². The van der Waals surface area contributed by atoms with Gasteiger partial charge in [0.15, 0.2) is 9.84 Å². The molecule has 7 nitrogen and oxygen atoms in total. The van der Waals surface area contributed by atoms with E-state index in [1.54, 1.807) is 19.1 Å². The zero-order chi connectivity index (χ0) is 25.5. The summed E-state index contributed by atoms with van der Waals surface area (Å²) < 4.78 is 65.8. The maximum Gasteiger partial charge on any atom is 0.264 e. The van der Waals surface area contributed by atoms with E-state index >= 15 is 0 Å². The van der Waals surface area contributed by atoms with E-state index in [0.29, 0.717) is 24.1 Å². The van der Waals surface area contributed by atoms with Gasteiger partial charge in [0.25, 0.3) is 15.9 Å². The number of carbonyl (C=O) groups excluding carboxylic acids is 1. The third kappa shape index (κ3) is 4.91. The van der Waals surface area contributed by atoms with E-state index in [-0.39, 0.29) is 32.6 Å². The number of aryl methyl sites for hydroxylation is 2. The summed E-state index contributed by atoms with van der Waals surface area (Å²) in [6.45, 7) is 1.86. The second kappa shape index (κ2) is 9.25. The van der Waals surface area contributed by atoms with Gasteiger partial charge in [0.1, 0.15) is 5.82 Å². The van der Waals surface area contributed by atoms with Crippen LogP contribution in [0.3, 0.4) is 0 Å². The first kappa shape index (κ1) is 25.2. The number of sulfone groups is 1. The molecular formula is C24H22ClFN2O5S2.